The van der Waals surface area contributed by atoms with Crippen molar-refractivity contribution in [2.24, 2.45) is 5.92 Å². The molecule has 0 spiro atoms. The van der Waals surface area contributed by atoms with E-state index in [0.717, 1.165) is 38.7 Å². The fourth-order valence-corrected chi connectivity index (χ4v) is 4.36. The van der Waals surface area contributed by atoms with Gasteiger partial charge in [-0.2, -0.15) is 0 Å². The molecule has 2 aliphatic rings. The van der Waals surface area contributed by atoms with Gasteiger partial charge in [-0.15, -0.1) is 0 Å². The van der Waals surface area contributed by atoms with Gasteiger partial charge < -0.3 is 18.8 Å². The van der Waals surface area contributed by atoms with Crippen LogP contribution < -0.4 is 0 Å². The molecular weight excluding hydrogens is 315 g/mol. The quantitative estimate of drug-likeness (QED) is 0.600. The summed E-state index contributed by atoms with van der Waals surface area (Å²) < 4.78 is 24.5. The topological polar surface area (TPSA) is 36.9 Å². The van der Waals surface area contributed by atoms with Crippen LogP contribution in [0, 0.1) is 5.92 Å². The zero-order valence-corrected chi connectivity index (χ0v) is 17.3. The molecule has 0 aromatic carbocycles. The maximum atomic E-state index is 6.48. The fraction of sp³-hybridized carbons (Fsp3) is 0.900. The molecule has 3 atom stereocenters. The molecule has 0 aromatic heterocycles. The third-order valence-corrected chi connectivity index (χ3v) is 6.05. The third-order valence-electron chi connectivity index (χ3n) is 6.05. The number of allylic oxidation sites excluding steroid dienone is 1. The summed E-state index contributed by atoms with van der Waals surface area (Å²) in [7, 11) is 1.54. The molecule has 0 N–H and O–H groups in total. The molecule has 0 saturated carbocycles. The van der Waals surface area contributed by atoms with Crippen LogP contribution in [-0.4, -0.2) is 44.2 Å². The first-order valence-electron chi connectivity index (χ1n) is 10.0. The second-order valence-electron chi connectivity index (χ2n) is 8.08. The number of methoxy groups -OCH3 is 1. The zero-order valence-electron chi connectivity index (χ0n) is 17.3. The van der Waals surface area contributed by atoms with E-state index in [2.05, 4.69) is 47.6 Å². The van der Waals surface area contributed by atoms with Crippen LogP contribution in [0.2, 0.25) is 0 Å². The van der Waals surface area contributed by atoms with Crippen molar-refractivity contribution in [3.8, 4) is 0 Å². The lowest BCUT2D eigenvalue weighted by Crippen LogP contribution is -2.38. The summed E-state index contributed by atoms with van der Waals surface area (Å²) in [5.41, 5.74) is 0.975. The van der Waals surface area contributed by atoms with Gasteiger partial charge in [0.2, 0.25) is 0 Å². The van der Waals surface area contributed by atoms with Crippen LogP contribution in [0.1, 0.15) is 73.6 Å². The highest BCUT2D eigenvalue weighted by atomic mass is 16.7. The van der Waals surface area contributed by atoms with Crippen LogP contribution in [0.4, 0.5) is 0 Å². The smallest absolute Gasteiger partial charge is 0.402 e. The van der Waals surface area contributed by atoms with Gasteiger partial charge >= 0.3 is 7.12 Å². The van der Waals surface area contributed by atoms with Gasteiger partial charge in [-0.25, -0.2) is 0 Å². The normalized spacial score (nSPS) is 30.0. The first-order chi connectivity index (χ1) is 11.8. The Morgan fingerprint density at radius 2 is 1.92 bits per heavy atom. The van der Waals surface area contributed by atoms with Gasteiger partial charge in [0, 0.05) is 13.0 Å². The van der Waals surface area contributed by atoms with Crippen molar-refractivity contribution in [1.82, 2.24) is 0 Å². The lowest BCUT2D eigenvalue weighted by Gasteiger charge is -2.31. The second kappa shape index (κ2) is 8.56. The first kappa shape index (κ1) is 21.0. The summed E-state index contributed by atoms with van der Waals surface area (Å²) in [5.74, 6) is 0.382. The average Bonchev–Trinajstić information content (AvgIpc) is 3.16. The van der Waals surface area contributed by atoms with Crippen LogP contribution in [0.3, 0.4) is 0 Å². The largest absolute Gasteiger partial charge is 0.490 e. The Bertz CT molecular complexity index is 459. The summed E-state index contributed by atoms with van der Waals surface area (Å²) in [6.45, 7) is 13.8. The minimum Gasteiger partial charge on any atom is -0.402 e. The number of rotatable bonds is 8. The number of ether oxygens (including phenoxy) is 2. The fourth-order valence-electron chi connectivity index (χ4n) is 4.36. The number of hydrogen-bond donors (Lipinski definition) is 0. The van der Waals surface area contributed by atoms with Gasteiger partial charge in [0.25, 0.3) is 0 Å². The molecule has 144 valence electrons. The Morgan fingerprint density at radius 3 is 2.32 bits per heavy atom. The lowest BCUT2D eigenvalue weighted by molar-refractivity contribution is 0.0266. The summed E-state index contributed by atoms with van der Waals surface area (Å²) >= 11 is 0. The number of hydrogen-bond acceptors (Lipinski definition) is 4. The Hall–Kier alpha value is -0.355. The van der Waals surface area contributed by atoms with Crippen molar-refractivity contribution >= 4 is 7.12 Å². The van der Waals surface area contributed by atoms with Gasteiger partial charge in [-0.1, -0.05) is 33.8 Å². The molecule has 3 unspecified atom stereocenters. The summed E-state index contributed by atoms with van der Waals surface area (Å²) in [6, 6.07) is 0. The standard InChI is InChI=1S/C20H37BO4/c1-8-16(12-17(22-7)15-13-19(5,6)23-14-15)21-24-18(9-2)20(10-3,11-4)25-21/h12,15,17-18H,8-11,13-14H2,1-7H3. The van der Waals surface area contributed by atoms with E-state index >= 15 is 0 Å². The molecule has 0 amide bonds. The van der Waals surface area contributed by atoms with Gasteiger partial charge in [-0.05, 0) is 51.4 Å². The highest BCUT2D eigenvalue weighted by Crippen LogP contribution is 2.39. The first-order valence-corrected chi connectivity index (χ1v) is 10.0. The highest BCUT2D eigenvalue weighted by molar-refractivity contribution is 6.54. The highest BCUT2D eigenvalue weighted by Gasteiger charge is 2.49. The molecule has 4 nitrogen and oxygen atoms in total. The average molecular weight is 352 g/mol. The van der Waals surface area contributed by atoms with Crippen LogP contribution >= 0.6 is 0 Å². The van der Waals surface area contributed by atoms with Crippen LogP contribution in [0.15, 0.2) is 11.5 Å². The van der Waals surface area contributed by atoms with Gasteiger partial charge in [0.1, 0.15) is 0 Å². The molecule has 0 aliphatic carbocycles. The molecule has 5 heteroatoms. The Kier molecular flexibility index (Phi) is 7.17. The molecule has 0 radical (unpaired) electrons. The van der Waals surface area contributed by atoms with E-state index in [4.69, 9.17) is 18.8 Å². The van der Waals surface area contributed by atoms with E-state index in [1.165, 1.54) is 5.47 Å². The van der Waals surface area contributed by atoms with Gasteiger partial charge in [-0.3, -0.25) is 0 Å². The third kappa shape index (κ3) is 4.49. The van der Waals surface area contributed by atoms with Crippen LogP contribution in [0.25, 0.3) is 0 Å². The van der Waals surface area contributed by atoms with Crippen molar-refractivity contribution in [3.05, 3.63) is 11.5 Å². The maximum absolute atomic E-state index is 6.48. The molecule has 0 bridgehead atoms. The minimum atomic E-state index is -0.247. The molecule has 2 saturated heterocycles. The van der Waals surface area contributed by atoms with Crippen LogP contribution in [0.5, 0.6) is 0 Å². The van der Waals surface area contributed by atoms with Crippen molar-refractivity contribution in [1.29, 1.82) is 0 Å². The van der Waals surface area contributed by atoms with E-state index in [0.29, 0.717) is 5.92 Å². The van der Waals surface area contributed by atoms with Crippen molar-refractivity contribution in [2.45, 2.75) is 97.1 Å². The second-order valence-corrected chi connectivity index (χ2v) is 8.08. The Labute approximate surface area is 154 Å². The predicted octanol–water partition coefficient (Wildman–Crippen LogP) is 4.56. The SMILES string of the molecule is CCC(=CC(OC)C1COC(C)(C)C1)B1OC(CC)C(CC)(CC)O1. The van der Waals surface area contributed by atoms with E-state index < -0.39 is 0 Å². The van der Waals surface area contributed by atoms with Crippen LogP contribution in [-0.2, 0) is 18.8 Å². The van der Waals surface area contributed by atoms with E-state index in [1.807, 2.05) is 0 Å². The van der Waals surface area contributed by atoms with Crippen molar-refractivity contribution in [2.75, 3.05) is 13.7 Å². The summed E-state index contributed by atoms with van der Waals surface area (Å²) in [5, 5.41) is 0. The molecule has 2 aliphatic heterocycles. The van der Waals surface area contributed by atoms with E-state index in [1.54, 1.807) is 7.11 Å². The van der Waals surface area contributed by atoms with Gasteiger partial charge in [0.05, 0.1) is 30.0 Å². The molecule has 25 heavy (non-hydrogen) atoms. The Balaban J connectivity index is 2.16. The Morgan fingerprint density at radius 1 is 1.24 bits per heavy atom. The predicted molar refractivity (Wildman–Crippen MR) is 103 cm³/mol. The maximum Gasteiger partial charge on any atom is 0.490 e. The molecular formula is C20H37BO4. The molecule has 2 fully saturated rings. The summed E-state index contributed by atoms with van der Waals surface area (Å²) in [4.78, 5) is 0. The minimum absolute atomic E-state index is 0.0438. The van der Waals surface area contributed by atoms with Crippen molar-refractivity contribution < 1.29 is 18.8 Å². The monoisotopic (exact) mass is 352 g/mol. The zero-order chi connectivity index (χ0) is 18.7. The van der Waals surface area contributed by atoms with Gasteiger partial charge in [0.15, 0.2) is 0 Å². The molecule has 2 heterocycles. The van der Waals surface area contributed by atoms with E-state index in [9.17, 15) is 0 Å². The molecule has 0 aromatic rings. The molecule has 2 rings (SSSR count). The summed E-state index contributed by atoms with van der Waals surface area (Å²) in [6.07, 6.45) is 7.29. The lowest BCUT2D eigenvalue weighted by atomic mass is 9.74. The van der Waals surface area contributed by atoms with Crippen molar-refractivity contribution in [3.63, 3.8) is 0 Å². The van der Waals surface area contributed by atoms with E-state index in [-0.39, 0.29) is 30.5 Å².